The van der Waals surface area contributed by atoms with E-state index in [9.17, 15) is 9.90 Å². The summed E-state index contributed by atoms with van der Waals surface area (Å²) >= 11 is 0. The summed E-state index contributed by atoms with van der Waals surface area (Å²) in [6.07, 6.45) is 0. The molecule has 0 unspecified atom stereocenters. The predicted molar refractivity (Wildman–Crippen MR) is 105 cm³/mol. The summed E-state index contributed by atoms with van der Waals surface area (Å²) in [5.74, 6) is 1.12. The lowest BCUT2D eigenvalue weighted by Gasteiger charge is -2.18. The molecule has 0 aromatic heterocycles. The first-order valence-corrected chi connectivity index (χ1v) is 8.74. The average Bonchev–Trinajstić information content (AvgIpc) is 2.59. The molecule has 2 aliphatic rings. The van der Waals surface area contributed by atoms with Gasteiger partial charge in [-0.05, 0) is 53.8 Å². The molecule has 2 aromatic rings. The van der Waals surface area contributed by atoms with E-state index in [-0.39, 0.29) is 11.2 Å². The lowest BCUT2D eigenvalue weighted by atomic mass is 9.89. The first kappa shape index (κ1) is 16.4. The number of phenols is 1. The summed E-state index contributed by atoms with van der Waals surface area (Å²) in [6, 6.07) is 16.5. The molecule has 0 radical (unpaired) electrons. The molecule has 26 heavy (non-hydrogen) atoms. The Kier molecular flexibility index (Phi) is 3.80. The van der Waals surface area contributed by atoms with Gasteiger partial charge in [-0.15, -0.1) is 0 Å². The highest BCUT2D eigenvalue weighted by atomic mass is 16.3. The highest BCUT2D eigenvalue weighted by molar-refractivity contribution is 6.02. The van der Waals surface area contributed by atoms with Gasteiger partial charge < -0.3 is 9.52 Å². The summed E-state index contributed by atoms with van der Waals surface area (Å²) in [6.45, 7) is 6.46. The van der Waals surface area contributed by atoms with Crippen LogP contribution in [0.15, 0.2) is 63.8 Å². The van der Waals surface area contributed by atoms with Crippen molar-refractivity contribution >= 4 is 11.0 Å². The number of hydrogen-bond donors (Lipinski definition) is 1. The number of phenolic OH excluding ortho intramolecular Hbond substituents is 1. The first-order valence-electron chi connectivity index (χ1n) is 8.74. The second-order valence-electron chi connectivity index (χ2n) is 7.04. The van der Waals surface area contributed by atoms with E-state index in [0.717, 1.165) is 22.1 Å². The number of hydrogen-bond acceptors (Lipinski definition) is 3. The van der Waals surface area contributed by atoms with Gasteiger partial charge in [-0.2, -0.15) is 0 Å². The number of fused-ring (bicyclic) bond motifs is 2. The van der Waals surface area contributed by atoms with Gasteiger partial charge >= 0.3 is 0 Å². The van der Waals surface area contributed by atoms with Crippen LogP contribution in [0.5, 0.6) is 5.75 Å². The van der Waals surface area contributed by atoms with Crippen molar-refractivity contribution in [2.24, 2.45) is 0 Å². The van der Waals surface area contributed by atoms with Gasteiger partial charge in [-0.3, -0.25) is 4.79 Å². The van der Waals surface area contributed by atoms with Crippen molar-refractivity contribution in [2.75, 3.05) is 0 Å². The monoisotopic (exact) mass is 344 g/mol. The first-order chi connectivity index (χ1) is 12.4. The molecule has 0 fully saturated rings. The maximum Gasteiger partial charge on any atom is 0.182 e. The Bertz CT molecular complexity index is 1150. The van der Waals surface area contributed by atoms with Gasteiger partial charge in [0.05, 0.1) is 0 Å². The standard InChI is InChI=1S/C23H20O3/c1-13(2)15-4-7-18(14(3)10-15)23-19-8-5-16(24)11-21(19)26-22-12-17(25)6-9-20(22)23/h4-13,24H,1-3H3. The molecule has 0 atom stereocenters. The molecule has 2 aromatic carbocycles. The van der Waals surface area contributed by atoms with Crippen LogP contribution < -0.4 is 5.43 Å². The molecule has 1 aliphatic carbocycles. The molecule has 4 rings (SSSR count). The van der Waals surface area contributed by atoms with E-state index in [1.54, 1.807) is 18.2 Å². The van der Waals surface area contributed by atoms with Gasteiger partial charge in [0.2, 0.25) is 0 Å². The lowest BCUT2D eigenvalue weighted by molar-refractivity contribution is 0.474. The molecular weight excluding hydrogens is 324 g/mol. The second-order valence-corrected chi connectivity index (χ2v) is 7.04. The fourth-order valence-corrected chi connectivity index (χ4v) is 3.48. The maximum atomic E-state index is 11.8. The van der Waals surface area contributed by atoms with Gasteiger partial charge in [0, 0.05) is 28.6 Å². The SMILES string of the molecule is Cc1cc(C(C)C)ccc1-c1c2ccc(=O)cc-2oc2cc(O)ccc12. The van der Waals surface area contributed by atoms with E-state index < -0.39 is 0 Å². The van der Waals surface area contributed by atoms with Crippen LogP contribution in [0.25, 0.3) is 33.4 Å². The Morgan fingerprint density at radius 1 is 0.923 bits per heavy atom. The molecular formula is C23H20O3. The fourth-order valence-electron chi connectivity index (χ4n) is 3.48. The van der Waals surface area contributed by atoms with Gasteiger partial charge in [-0.25, -0.2) is 0 Å². The van der Waals surface area contributed by atoms with Crippen molar-refractivity contribution in [3.8, 4) is 28.2 Å². The molecule has 0 bridgehead atoms. The third kappa shape index (κ3) is 2.66. The predicted octanol–water partition coefficient (Wildman–Crippen LogP) is 5.70. The smallest absolute Gasteiger partial charge is 0.182 e. The summed E-state index contributed by atoms with van der Waals surface area (Å²) in [7, 11) is 0. The molecule has 1 heterocycles. The third-order valence-electron chi connectivity index (χ3n) is 4.86. The van der Waals surface area contributed by atoms with E-state index in [0.29, 0.717) is 17.3 Å². The average molecular weight is 344 g/mol. The van der Waals surface area contributed by atoms with Crippen LogP contribution in [0.3, 0.4) is 0 Å². The third-order valence-corrected chi connectivity index (χ3v) is 4.86. The Morgan fingerprint density at radius 3 is 2.42 bits per heavy atom. The number of rotatable bonds is 2. The van der Waals surface area contributed by atoms with Crippen molar-refractivity contribution in [1.82, 2.24) is 0 Å². The quantitative estimate of drug-likeness (QED) is 0.474. The molecule has 1 N–H and O–H groups in total. The molecule has 0 spiro atoms. The summed E-state index contributed by atoms with van der Waals surface area (Å²) < 4.78 is 5.91. The zero-order valence-electron chi connectivity index (χ0n) is 15.0. The van der Waals surface area contributed by atoms with Crippen LogP contribution in [0, 0.1) is 6.92 Å². The normalized spacial score (nSPS) is 11.5. The Morgan fingerprint density at radius 2 is 1.69 bits per heavy atom. The highest BCUT2D eigenvalue weighted by Gasteiger charge is 2.19. The largest absolute Gasteiger partial charge is 0.508 e. The minimum absolute atomic E-state index is 0.0985. The lowest BCUT2D eigenvalue weighted by Crippen LogP contribution is -2.00. The molecule has 3 heteroatoms. The molecule has 0 saturated carbocycles. The van der Waals surface area contributed by atoms with Gasteiger partial charge in [0.1, 0.15) is 17.1 Å². The Balaban J connectivity index is 2.12. The minimum Gasteiger partial charge on any atom is -0.508 e. The second kappa shape index (κ2) is 6.03. The highest BCUT2D eigenvalue weighted by Crippen LogP contribution is 2.42. The number of benzene rings is 3. The van der Waals surface area contributed by atoms with Crippen molar-refractivity contribution in [2.45, 2.75) is 26.7 Å². The fraction of sp³-hybridized carbons (Fsp3) is 0.174. The Hall–Kier alpha value is -3.07. The molecule has 1 aliphatic heterocycles. The van der Waals surface area contributed by atoms with E-state index in [1.807, 2.05) is 12.1 Å². The molecule has 3 nitrogen and oxygen atoms in total. The van der Waals surface area contributed by atoms with Gasteiger partial charge in [0.25, 0.3) is 0 Å². The molecule has 0 saturated heterocycles. The van der Waals surface area contributed by atoms with Crippen LogP contribution in [-0.2, 0) is 0 Å². The molecule has 130 valence electrons. The van der Waals surface area contributed by atoms with Crippen LogP contribution in [0.4, 0.5) is 0 Å². The van der Waals surface area contributed by atoms with Crippen molar-refractivity contribution in [3.05, 3.63) is 75.9 Å². The van der Waals surface area contributed by atoms with E-state index in [1.165, 1.54) is 17.2 Å². The number of aryl methyl sites for hydroxylation is 1. The van der Waals surface area contributed by atoms with Gasteiger partial charge in [0.15, 0.2) is 5.43 Å². The maximum absolute atomic E-state index is 11.8. The summed E-state index contributed by atoms with van der Waals surface area (Å²) in [5, 5.41) is 10.8. The topological polar surface area (TPSA) is 50.4 Å². The van der Waals surface area contributed by atoms with E-state index in [4.69, 9.17) is 4.42 Å². The van der Waals surface area contributed by atoms with Crippen LogP contribution >= 0.6 is 0 Å². The van der Waals surface area contributed by atoms with Gasteiger partial charge in [-0.1, -0.05) is 32.0 Å². The zero-order chi connectivity index (χ0) is 18.4. The van der Waals surface area contributed by atoms with E-state index in [2.05, 4.69) is 39.0 Å². The van der Waals surface area contributed by atoms with Crippen molar-refractivity contribution in [1.29, 1.82) is 0 Å². The van der Waals surface area contributed by atoms with Crippen molar-refractivity contribution < 1.29 is 9.52 Å². The van der Waals surface area contributed by atoms with Crippen molar-refractivity contribution in [3.63, 3.8) is 0 Å². The minimum atomic E-state index is -0.0985. The molecule has 0 amide bonds. The number of aromatic hydroxyl groups is 1. The summed E-state index contributed by atoms with van der Waals surface area (Å²) in [4.78, 5) is 11.8. The summed E-state index contributed by atoms with van der Waals surface area (Å²) in [5.41, 5.74) is 5.94. The van der Waals surface area contributed by atoms with Crippen LogP contribution in [0.1, 0.15) is 30.9 Å². The van der Waals surface area contributed by atoms with Crippen LogP contribution in [-0.4, -0.2) is 5.11 Å². The Labute approximate surface area is 151 Å². The van der Waals surface area contributed by atoms with E-state index >= 15 is 0 Å². The zero-order valence-corrected chi connectivity index (χ0v) is 15.0. The van der Waals surface area contributed by atoms with Crippen LogP contribution in [0.2, 0.25) is 0 Å².